The molecular formula is C23H27IN6O. The maximum Gasteiger partial charge on any atom is 0.225 e. The number of anilines is 1. The van der Waals surface area contributed by atoms with Crippen molar-refractivity contribution in [1.82, 2.24) is 20.6 Å². The van der Waals surface area contributed by atoms with Crippen LogP contribution in [-0.4, -0.2) is 34.9 Å². The number of aromatic nitrogens is 2. The summed E-state index contributed by atoms with van der Waals surface area (Å²) in [4.78, 5) is 24.5. The zero-order chi connectivity index (χ0) is 20.8. The maximum atomic E-state index is 12.0. The minimum atomic E-state index is 0. The zero-order valence-corrected chi connectivity index (χ0v) is 19.7. The fourth-order valence-corrected chi connectivity index (χ4v) is 3.61. The van der Waals surface area contributed by atoms with E-state index in [2.05, 4.69) is 37.0 Å². The first kappa shape index (κ1) is 22.8. The van der Waals surface area contributed by atoms with Gasteiger partial charge < -0.3 is 20.9 Å². The van der Waals surface area contributed by atoms with Crippen LogP contribution in [0.3, 0.4) is 0 Å². The summed E-state index contributed by atoms with van der Waals surface area (Å²) in [5.41, 5.74) is 4.12. The van der Waals surface area contributed by atoms with Gasteiger partial charge in [0.25, 0.3) is 0 Å². The summed E-state index contributed by atoms with van der Waals surface area (Å²) >= 11 is 0. The Morgan fingerprint density at radius 3 is 2.71 bits per heavy atom. The summed E-state index contributed by atoms with van der Waals surface area (Å²) in [5, 5.41) is 9.58. The van der Waals surface area contributed by atoms with Gasteiger partial charge in [-0.15, -0.1) is 24.0 Å². The summed E-state index contributed by atoms with van der Waals surface area (Å²) in [7, 11) is 0. The molecule has 4 N–H and O–H groups in total. The molecule has 1 amide bonds. The molecule has 1 aliphatic heterocycles. The summed E-state index contributed by atoms with van der Waals surface area (Å²) in [6.07, 6.45) is 2.29. The smallest absolute Gasteiger partial charge is 0.225 e. The lowest BCUT2D eigenvalue weighted by Gasteiger charge is -2.26. The first-order valence-electron chi connectivity index (χ1n) is 10.2. The lowest BCUT2D eigenvalue weighted by Crippen LogP contribution is -2.40. The van der Waals surface area contributed by atoms with Crippen molar-refractivity contribution in [1.29, 1.82) is 0 Å². The molecule has 31 heavy (non-hydrogen) atoms. The molecule has 3 aromatic rings. The fourth-order valence-electron chi connectivity index (χ4n) is 3.61. The average Bonchev–Trinajstić information content (AvgIpc) is 3.25. The van der Waals surface area contributed by atoms with E-state index >= 15 is 0 Å². The Morgan fingerprint density at radius 2 is 1.90 bits per heavy atom. The third-order valence-corrected chi connectivity index (χ3v) is 5.07. The summed E-state index contributed by atoms with van der Waals surface area (Å²) in [6.45, 7) is 3.84. The fraction of sp³-hybridized carbons (Fsp3) is 0.261. The molecule has 1 aromatic heterocycles. The van der Waals surface area contributed by atoms with E-state index in [4.69, 9.17) is 0 Å². The molecule has 1 atom stereocenters. The van der Waals surface area contributed by atoms with Crippen LogP contribution in [0.2, 0.25) is 0 Å². The average molecular weight is 530 g/mol. The van der Waals surface area contributed by atoms with Gasteiger partial charge in [-0.1, -0.05) is 48.5 Å². The summed E-state index contributed by atoms with van der Waals surface area (Å²) in [6, 6.07) is 18.1. The third-order valence-electron chi connectivity index (χ3n) is 5.07. The molecule has 0 radical (unpaired) electrons. The number of nitrogens with zero attached hydrogens (tertiary/aromatic N) is 2. The predicted octanol–water partition coefficient (Wildman–Crippen LogP) is 3.88. The molecule has 162 valence electrons. The third kappa shape index (κ3) is 5.84. The van der Waals surface area contributed by atoms with Gasteiger partial charge in [0.2, 0.25) is 5.91 Å². The Balaban J connectivity index is 0.00000272. The number of guanidine groups is 1. The molecule has 0 saturated carbocycles. The number of imidazole rings is 1. The predicted molar refractivity (Wildman–Crippen MR) is 135 cm³/mol. The Morgan fingerprint density at radius 1 is 1.13 bits per heavy atom. The molecule has 1 unspecified atom stereocenters. The van der Waals surface area contributed by atoms with E-state index in [1.807, 2.05) is 61.7 Å². The lowest BCUT2D eigenvalue weighted by molar-refractivity contribution is -0.116. The molecule has 2 heterocycles. The van der Waals surface area contributed by atoms with Crippen molar-refractivity contribution in [3.05, 3.63) is 72.2 Å². The van der Waals surface area contributed by atoms with Crippen molar-refractivity contribution in [2.45, 2.75) is 25.8 Å². The highest BCUT2D eigenvalue weighted by atomic mass is 127. The molecule has 0 aliphatic carbocycles. The summed E-state index contributed by atoms with van der Waals surface area (Å²) < 4.78 is 0. The number of para-hydroxylation sites is 1. The Labute approximate surface area is 199 Å². The quantitative estimate of drug-likeness (QED) is 0.221. The number of aliphatic imine (C=N–C) groups is 1. The van der Waals surface area contributed by atoms with Crippen LogP contribution in [0.25, 0.3) is 11.3 Å². The number of amides is 1. The first-order valence-corrected chi connectivity index (χ1v) is 10.2. The Hall–Kier alpha value is -2.88. The zero-order valence-electron chi connectivity index (χ0n) is 17.4. The van der Waals surface area contributed by atoms with Crippen molar-refractivity contribution in [2.24, 2.45) is 4.99 Å². The SMILES string of the molecule is CCNC(=NCc1ncc(-c2ccccc2)[nH]1)NCC1CC(=O)Nc2ccccc21.I. The van der Waals surface area contributed by atoms with Crippen LogP contribution < -0.4 is 16.0 Å². The molecular weight excluding hydrogens is 503 g/mol. The van der Waals surface area contributed by atoms with E-state index in [1.165, 1.54) is 0 Å². The number of H-pyrrole nitrogens is 1. The van der Waals surface area contributed by atoms with E-state index in [0.717, 1.165) is 34.9 Å². The number of carbonyl (C=O) groups is 1. The molecule has 0 fully saturated rings. The second-order valence-electron chi connectivity index (χ2n) is 7.22. The summed E-state index contributed by atoms with van der Waals surface area (Å²) in [5.74, 6) is 1.66. The van der Waals surface area contributed by atoms with Gasteiger partial charge in [-0.2, -0.15) is 0 Å². The number of halogens is 1. The van der Waals surface area contributed by atoms with E-state index in [9.17, 15) is 4.79 Å². The normalized spacial score (nSPS) is 15.5. The number of hydrogen-bond donors (Lipinski definition) is 4. The molecule has 1 aliphatic rings. The highest BCUT2D eigenvalue weighted by Crippen LogP contribution is 2.31. The highest BCUT2D eigenvalue weighted by Gasteiger charge is 2.24. The van der Waals surface area contributed by atoms with Crippen LogP contribution in [0, 0.1) is 0 Å². The number of aromatic amines is 1. The Bertz CT molecular complexity index is 1030. The maximum absolute atomic E-state index is 12.0. The van der Waals surface area contributed by atoms with Gasteiger partial charge in [0.15, 0.2) is 5.96 Å². The second-order valence-corrected chi connectivity index (χ2v) is 7.22. The molecule has 2 aromatic carbocycles. The van der Waals surface area contributed by atoms with Gasteiger partial charge in [-0.05, 0) is 24.1 Å². The number of hydrogen-bond acceptors (Lipinski definition) is 3. The van der Waals surface area contributed by atoms with Crippen LogP contribution in [0.5, 0.6) is 0 Å². The van der Waals surface area contributed by atoms with Gasteiger partial charge in [0.1, 0.15) is 12.4 Å². The van der Waals surface area contributed by atoms with Gasteiger partial charge in [0.05, 0.1) is 11.9 Å². The number of benzene rings is 2. The molecule has 0 spiro atoms. The molecule has 0 bridgehead atoms. The van der Waals surface area contributed by atoms with E-state index in [0.29, 0.717) is 25.5 Å². The topological polar surface area (TPSA) is 94.2 Å². The van der Waals surface area contributed by atoms with Crippen LogP contribution in [0.4, 0.5) is 5.69 Å². The number of carbonyl (C=O) groups excluding carboxylic acids is 1. The van der Waals surface area contributed by atoms with Crippen LogP contribution in [-0.2, 0) is 11.3 Å². The van der Waals surface area contributed by atoms with Gasteiger partial charge in [0, 0.05) is 31.1 Å². The van der Waals surface area contributed by atoms with Crippen LogP contribution >= 0.6 is 24.0 Å². The standard InChI is InChI=1S/C23H26N6O.HI/c1-2-24-23(26-13-17-12-22(30)29-19-11-7-6-10-18(17)19)27-15-21-25-14-20(28-21)16-8-4-3-5-9-16;/h3-11,14,17H,2,12-13,15H2,1H3,(H,25,28)(H,29,30)(H2,24,26,27);1H. The number of nitrogens with one attached hydrogen (secondary N) is 4. The van der Waals surface area contributed by atoms with Crippen molar-refractivity contribution >= 4 is 41.5 Å². The van der Waals surface area contributed by atoms with Crippen molar-refractivity contribution in [3.63, 3.8) is 0 Å². The van der Waals surface area contributed by atoms with Crippen molar-refractivity contribution in [2.75, 3.05) is 18.4 Å². The molecule has 4 rings (SSSR count). The molecule has 8 heteroatoms. The number of rotatable bonds is 6. The Kier molecular flexibility index (Phi) is 8.05. The van der Waals surface area contributed by atoms with Gasteiger partial charge in [-0.25, -0.2) is 9.98 Å². The lowest BCUT2D eigenvalue weighted by atomic mass is 9.90. The minimum Gasteiger partial charge on any atom is -0.357 e. The largest absolute Gasteiger partial charge is 0.357 e. The molecule has 7 nitrogen and oxygen atoms in total. The monoisotopic (exact) mass is 530 g/mol. The minimum absolute atomic E-state index is 0. The van der Waals surface area contributed by atoms with Crippen molar-refractivity contribution < 1.29 is 4.79 Å². The van der Waals surface area contributed by atoms with E-state index < -0.39 is 0 Å². The number of fused-ring (bicyclic) bond motifs is 1. The van der Waals surface area contributed by atoms with Gasteiger partial charge in [-0.3, -0.25) is 4.79 Å². The highest BCUT2D eigenvalue weighted by molar-refractivity contribution is 14.0. The van der Waals surface area contributed by atoms with Crippen molar-refractivity contribution in [3.8, 4) is 11.3 Å². The second kappa shape index (κ2) is 10.9. The first-order chi connectivity index (χ1) is 14.7. The van der Waals surface area contributed by atoms with Gasteiger partial charge >= 0.3 is 0 Å². The van der Waals surface area contributed by atoms with E-state index in [1.54, 1.807) is 0 Å². The molecule has 0 saturated heterocycles. The van der Waals surface area contributed by atoms with E-state index in [-0.39, 0.29) is 35.8 Å². The van der Waals surface area contributed by atoms with Crippen LogP contribution in [0.1, 0.15) is 30.7 Å². The van der Waals surface area contributed by atoms with Crippen LogP contribution in [0.15, 0.2) is 65.8 Å².